The van der Waals surface area contributed by atoms with Gasteiger partial charge in [-0.3, -0.25) is 4.68 Å². The summed E-state index contributed by atoms with van der Waals surface area (Å²) in [4.78, 5) is 14.8. The van der Waals surface area contributed by atoms with Gasteiger partial charge < -0.3 is 24.4 Å². The van der Waals surface area contributed by atoms with Gasteiger partial charge in [0, 0.05) is 45.4 Å². The van der Waals surface area contributed by atoms with Crippen LogP contribution in [-0.2, 0) is 17.1 Å². The van der Waals surface area contributed by atoms with E-state index < -0.39 is 10.0 Å². The molecule has 0 aliphatic carbocycles. The summed E-state index contributed by atoms with van der Waals surface area (Å²) in [6, 6.07) is 2.95. The Bertz CT molecular complexity index is 1110. The zero-order valence-corrected chi connectivity index (χ0v) is 20.7. The van der Waals surface area contributed by atoms with E-state index in [1.54, 1.807) is 42.6 Å². The number of amides is 2. The van der Waals surface area contributed by atoms with Gasteiger partial charge in [0.25, 0.3) is 0 Å². The molecular formula is C21H31N5O6S. The van der Waals surface area contributed by atoms with E-state index in [-0.39, 0.29) is 24.0 Å². The van der Waals surface area contributed by atoms with Gasteiger partial charge in [0.15, 0.2) is 11.5 Å². The predicted octanol–water partition coefficient (Wildman–Crippen LogP) is 1.99. The SMILES string of the molecule is COc1cc(NC(=O)N2CCCN(S(=O)(=O)c3c(C)nn(C)c3C)CC2)cc(OC)c1OC. The lowest BCUT2D eigenvalue weighted by atomic mass is 10.2. The molecule has 1 N–H and O–H groups in total. The number of nitrogens with zero attached hydrogens (tertiary/aromatic N) is 4. The van der Waals surface area contributed by atoms with Gasteiger partial charge in [-0.05, 0) is 20.3 Å². The second-order valence-corrected chi connectivity index (χ2v) is 9.59. The standard InChI is InChI=1S/C21H31N5O6S/c1-14-20(15(2)24(3)23-14)33(28,29)26-9-7-8-25(10-11-26)21(27)22-16-12-17(30-4)19(32-6)18(13-16)31-5/h12-13H,7-11H2,1-6H3,(H,22,27). The molecule has 1 aliphatic heterocycles. The zero-order valence-electron chi connectivity index (χ0n) is 19.8. The van der Waals surface area contributed by atoms with Crippen LogP contribution in [0.5, 0.6) is 17.2 Å². The molecule has 2 heterocycles. The fourth-order valence-corrected chi connectivity index (χ4v) is 5.82. The zero-order chi connectivity index (χ0) is 24.3. The molecule has 3 rings (SSSR count). The van der Waals surface area contributed by atoms with Gasteiger partial charge in [-0.1, -0.05) is 0 Å². The lowest BCUT2D eigenvalue weighted by molar-refractivity contribution is 0.214. The van der Waals surface area contributed by atoms with Crippen LogP contribution in [0.15, 0.2) is 17.0 Å². The smallest absolute Gasteiger partial charge is 0.321 e. The molecule has 2 aromatic rings. The highest BCUT2D eigenvalue weighted by Crippen LogP contribution is 2.40. The number of urea groups is 1. The van der Waals surface area contributed by atoms with Crippen LogP contribution in [0.4, 0.5) is 10.5 Å². The number of hydrogen-bond acceptors (Lipinski definition) is 7. The Morgan fingerprint density at radius 2 is 1.64 bits per heavy atom. The minimum atomic E-state index is -3.71. The average Bonchev–Trinajstić information content (AvgIpc) is 2.95. The quantitative estimate of drug-likeness (QED) is 0.671. The largest absolute Gasteiger partial charge is 0.493 e. The van der Waals surface area contributed by atoms with Crippen molar-refractivity contribution in [3.63, 3.8) is 0 Å². The Balaban J connectivity index is 1.74. The molecule has 11 nitrogen and oxygen atoms in total. The normalized spacial score (nSPS) is 15.2. The van der Waals surface area contributed by atoms with Crippen LogP contribution >= 0.6 is 0 Å². The topological polar surface area (TPSA) is 115 Å². The number of carbonyl (C=O) groups excluding carboxylic acids is 1. The Hall–Kier alpha value is -2.99. The molecule has 1 saturated heterocycles. The maximum Gasteiger partial charge on any atom is 0.321 e. The van der Waals surface area contributed by atoms with Gasteiger partial charge in [0.2, 0.25) is 15.8 Å². The van der Waals surface area contributed by atoms with Crippen molar-refractivity contribution >= 4 is 21.7 Å². The third-order valence-electron chi connectivity index (χ3n) is 5.70. The summed E-state index contributed by atoms with van der Waals surface area (Å²) in [5, 5.41) is 7.07. The maximum absolute atomic E-state index is 13.3. The molecule has 0 unspecified atom stereocenters. The lowest BCUT2D eigenvalue weighted by Crippen LogP contribution is -2.39. The number of methoxy groups -OCH3 is 3. The van der Waals surface area contributed by atoms with Crippen LogP contribution in [0.3, 0.4) is 0 Å². The molecular weight excluding hydrogens is 450 g/mol. The van der Waals surface area contributed by atoms with Crippen molar-refractivity contribution in [1.29, 1.82) is 0 Å². The van der Waals surface area contributed by atoms with E-state index in [0.29, 0.717) is 53.8 Å². The van der Waals surface area contributed by atoms with Gasteiger partial charge in [0.05, 0.1) is 38.4 Å². The van der Waals surface area contributed by atoms with Crippen LogP contribution in [0, 0.1) is 13.8 Å². The predicted molar refractivity (Wildman–Crippen MR) is 123 cm³/mol. The first-order valence-electron chi connectivity index (χ1n) is 10.5. The van der Waals surface area contributed by atoms with Crippen LogP contribution < -0.4 is 19.5 Å². The number of aryl methyl sites for hydroxylation is 2. The summed E-state index contributed by atoms with van der Waals surface area (Å²) in [6.07, 6.45) is 0.514. The molecule has 0 spiro atoms. The number of benzene rings is 1. The number of hydrogen-bond donors (Lipinski definition) is 1. The number of sulfonamides is 1. The third kappa shape index (κ3) is 4.86. The minimum absolute atomic E-state index is 0.193. The number of anilines is 1. The number of rotatable bonds is 6. The van der Waals surface area contributed by atoms with E-state index in [0.717, 1.165) is 0 Å². The van der Waals surface area contributed by atoms with Crippen molar-refractivity contribution in [1.82, 2.24) is 19.0 Å². The van der Waals surface area contributed by atoms with Crippen molar-refractivity contribution in [3.05, 3.63) is 23.5 Å². The molecule has 182 valence electrons. The van der Waals surface area contributed by atoms with E-state index in [9.17, 15) is 13.2 Å². The summed E-state index contributed by atoms with van der Waals surface area (Å²) in [6.45, 7) is 4.63. The van der Waals surface area contributed by atoms with Crippen molar-refractivity contribution in [2.45, 2.75) is 25.2 Å². The van der Waals surface area contributed by atoms with Crippen molar-refractivity contribution < 1.29 is 27.4 Å². The molecule has 0 saturated carbocycles. The first-order chi connectivity index (χ1) is 15.6. The van der Waals surface area contributed by atoms with E-state index in [1.807, 2.05) is 0 Å². The summed E-state index contributed by atoms with van der Waals surface area (Å²) < 4.78 is 45.5. The number of ether oxygens (including phenoxy) is 3. The van der Waals surface area contributed by atoms with Crippen LogP contribution in [-0.4, -0.2) is 80.9 Å². The monoisotopic (exact) mass is 481 g/mol. The molecule has 0 radical (unpaired) electrons. The summed E-state index contributed by atoms with van der Waals surface area (Å²) in [5.74, 6) is 1.26. The molecule has 1 fully saturated rings. The fraction of sp³-hybridized carbons (Fsp3) is 0.524. The van der Waals surface area contributed by atoms with E-state index in [2.05, 4.69) is 10.4 Å². The second-order valence-electron chi connectivity index (χ2n) is 7.71. The number of carbonyl (C=O) groups is 1. The summed E-state index contributed by atoms with van der Waals surface area (Å²) in [7, 11) is 2.51. The summed E-state index contributed by atoms with van der Waals surface area (Å²) >= 11 is 0. The molecule has 12 heteroatoms. The summed E-state index contributed by atoms with van der Waals surface area (Å²) in [5.41, 5.74) is 1.54. The molecule has 33 heavy (non-hydrogen) atoms. The van der Waals surface area contributed by atoms with E-state index in [4.69, 9.17) is 14.2 Å². The number of aromatic nitrogens is 2. The van der Waals surface area contributed by atoms with Gasteiger partial charge in [-0.2, -0.15) is 9.40 Å². The lowest BCUT2D eigenvalue weighted by Gasteiger charge is -2.23. The van der Waals surface area contributed by atoms with Crippen molar-refractivity contribution in [3.8, 4) is 17.2 Å². The number of nitrogens with one attached hydrogen (secondary N) is 1. The minimum Gasteiger partial charge on any atom is -0.493 e. The highest BCUT2D eigenvalue weighted by Gasteiger charge is 2.32. The Kier molecular flexibility index (Phi) is 7.38. The van der Waals surface area contributed by atoms with E-state index in [1.165, 1.54) is 25.6 Å². The van der Waals surface area contributed by atoms with Crippen molar-refractivity contribution in [2.75, 3.05) is 52.8 Å². The molecule has 0 atom stereocenters. The van der Waals surface area contributed by atoms with Crippen LogP contribution in [0.2, 0.25) is 0 Å². The van der Waals surface area contributed by atoms with Gasteiger partial charge in [-0.25, -0.2) is 13.2 Å². The van der Waals surface area contributed by atoms with Crippen LogP contribution in [0.25, 0.3) is 0 Å². The highest BCUT2D eigenvalue weighted by atomic mass is 32.2. The van der Waals surface area contributed by atoms with Crippen LogP contribution in [0.1, 0.15) is 17.8 Å². The molecule has 1 aliphatic rings. The maximum atomic E-state index is 13.3. The Morgan fingerprint density at radius 1 is 1.00 bits per heavy atom. The first-order valence-corrected chi connectivity index (χ1v) is 11.9. The molecule has 0 bridgehead atoms. The fourth-order valence-electron chi connectivity index (χ4n) is 3.95. The molecule has 1 aromatic carbocycles. The van der Waals surface area contributed by atoms with E-state index >= 15 is 0 Å². The third-order valence-corrected chi connectivity index (χ3v) is 7.85. The molecule has 1 aromatic heterocycles. The Labute approximate surface area is 194 Å². The Morgan fingerprint density at radius 3 is 2.15 bits per heavy atom. The average molecular weight is 482 g/mol. The van der Waals surface area contributed by atoms with Crippen molar-refractivity contribution in [2.24, 2.45) is 7.05 Å². The van der Waals surface area contributed by atoms with Gasteiger partial charge in [0.1, 0.15) is 4.90 Å². The molecule has 2 amide bonds. The van der Waals surface area contributed by atoms with Gasteiger partial charge >= 0.3 is 6.03 Å². The second kappa shape index (κ2) is 9.87. The first kappa shape index (κ1) is 24.6. The highest BCUT2D eigenvalue weighted by molar-refractivity contribution is 7.89. The van der Waals surface area contributed by atoms with Gasteiger partial charge in [-0.15, -0.1) is 0 Å².